The number of amides is 2. The highest BCUT2D eigenvalue weighted by Crippen LogP contribution is 2.11. The number of nitrogens with one attached hydrogen (secondary N) is 2. The molecule has 0 saturated heterocycles. The van der Waals surface area contributed by atoms with Crippen LogP contribution in [0.15, 0.2) is 48.5 Å². The molecule has 5 heteroatoms. The van der Waals surface area contributed by atoms with Crippen LogP contribution in [0, 0.1) is 12.7 Å². The molecule has 0 aliphatic carbocycles. The predicted molar refractivity (Wildman–Crippen MR) is 92.8 cm³/mol. The molecule has 2 N–H and O–H groups in total. The molecule has 0 fully saturated rings. The lowest BCUT2D eigenvalue weighted by Crippen LogP contribution is -2.20. The molecule has 2 aromatic rings. The lowest BCUT2D eigenvalue weighted by molar-refractivity contribution is -0.116. The molecule has 0 bridgehead atoms. The molecule has 0 spiro atoms. The SMILES string of the molecule is CC(=O)Nc1ccc(/C=C/C(=O)NCc2ccc(C)c(F)c2)cc1. The van der Waals surface area contributed by atoms with Crippen molar-refractivity contribution in [3.8, 4) is 0 Å². The summed E-state index contributed by atoms with van der Waals surface area (Å²) >= 11 is 0. The Labute approximate surface area is 140 Å². The maximum absolute atomic E-state index is 13.4. The van der Waals surface area contributed by atoms with Crippen molar-refractivity contribution in [3.05, 3.63) is 71.0 Å². The summed E-state index contributed by atoms with van der Waals surface area (Å²) in [6.07, 6.45) is 3.08. The van der Waals surface area contributed by atoms with Gasteiger partial charge in [-0.05, 0) is 47.9 Å². The van der Waals surface area contributed by atoms with Gasteiger partial charge in [0.05, 0.1) is 0 Å². The smallest absolute Gasteiger partial charge is 0.244 e. The van der Waals surface area contributed by atoms with Gasteiger partial charge in [-0.25, -0.2) is 4.39 Å². The topological polar surface area (TPSA) is 58.2 Å². The fourth-order valence-corrected chi connectivity index (χ4v) is 2.05. The van der Waals surface area contributed by atoms with Crippen molar-refractivity contribution in [1.82, 2.24) is 5.32 Å². The van der Waals surface area contributed by atoms with Gasteiger partial charge < -0.3 is 10.6 Å². The minimum Gasteiger partial charge on any atom is -0.348 e. The van der Waals surface area contributed by atoms with Gasteiger partial charge in [-0.2, -0.15) is 0 Å². The van der Waals surface area contributed by atoms with E-state index in [1.165, 1.54) is 19.1 Å². The number of benzene rings is 2. The van der Waals surface area contributed by atoms with E-state index in [-0.39, 0.29) is 24.2 Å². The van der Waals surface area contributed by atoms with Crippen molar-refractivity contribution in [2.24, 2.45) is 0 Å². The van der Waals surface area contributed by atoms with Gasteiger partial charge in [-0.1, -0.05) is 24.3 Å². The van der Waals surface area contributed by atoms with Gasteiger partial charge in [-0.3, -0.25) is 9.59 Å². The number of rotatable bonds is 5. The molecule has 2 amide bonds. The number of carbonyl (C=O) groups excluding carboxylic acids is 2. The summed E-state index contributed by atoms with van der Waals surface area (Å²) in [7, 11) is 0. The summed E-state index contributed by atoms with van der Waals surface area (Å²) in [5, 5.41) is 5.37. The largest absolute Gasteiger partial charge is 0.348 e. The molecule has 0 saturated carbocycles. The highest BCUT2D eigenvalue weighted by Gasteiger charge is 2.01. The zero-order valence-electron chi connectivity index (χ0n) is 13.6. The van der Waals surface area contributed by atoms with E-state index >= 15 is 0 Å². The lowest BCUT2D eigenvalue weighted by atomic mass is 10.1. The van der Waals surface area contributed by atoms with Gasteiger partial charge in [-0.15, -0.1) is 0 Å². The summed E-state index contributed by atoms with van der Waals surface area (Å²) in [6.45, 7) is 3.40. The van der Waals surface area contributed by atoms with Crippen LogP contribution in [-0.4, -0.2) is 11.8 Å². The Bertz CT molecular complexity index is 767. The van der Waals surface area contributed by atoms with Crippen LogP contribution >= 0.6 is 0 Å². The number of hydrogen-bond donors (Lipinski definition) is 2. The zero-order chi connectivity index (χ0) is 17.5. The molecule has 0 aliphatic rings. The highest BCUT2D eigenvalue weighted by atomic mass is 19.1. The van der Waals surface area contributed by atoms with Gasteiger partial charge in [0.1, 0.15) is 5.82 Å². The van der Waals surface area contributed by atoms with Crippen molar-refractivity contribution in [2.75, 3.05) is 5.32 Å². The number of aryl methyl sites for hydroxylation is 1. The molecule has 2 rings (SSSR count). The van der Waals surface area contributed by atoms with Gasteiger partial charge in [0.2, 0.25) is 11.8 Å². The van der Waals surface area contributed by atoms with Crippen LogP contribution in [0.1, 0.15) is 23.6 Å². The molecule has 0 radical (unpaired) electrons. The lowest BCUT2D eigenvalue weighted by Gasteiger charge is -2.04. The van der Waals surface area contributed by atoms with Crippen molar-refractivity contribution >= 4 is 23.6 Å². The fraction of sp³-hybridized carbons (Fsp3) is 0.158. The van der Waals surface area contributed by atoms with E-state index in [0.717, 1.165) is 5.56 Å². The Morgan fingerprint density at radius 3 is 2.46 bits per heavy atom. The van der Waals surface area contributed by atoms with Crippen molar-refractivity contribution < 1.29 is 14.0 Å². The number of carbonyl (C=O) groups is 2. The molecule has 2 aromatic carbocycles. The summed E-state index contributed by atoms with van der Waals surface area (Å²) in [4.78, 5) is 22.7. The molecular weight excluding hydrogens is 307 g/mol. The number of halogens is 1. The Morgan fingerprint density at radius 2 is 1.83 bits per heavy atom. The minimum atomic E-state index is -0.281. The van der Waals surface area contributed by atoms with E-state index in [0.29, 0.717) is 16.8 Å². The maximum Gasteiger partial charge on any atom is 0.244 e. The second-order valence-corrected chi connectivity index (χ2v) is 5.44. The Balaban J connectivity index is 1.88. The van der Waals surface area contributed by atoms with E-state index in [4.69, 9.17) is 0 Å². The van der Waals surface area contributed by atoms with E-state index in [1.807, 2.05) is 0 Å². The van der Waals surface area contributed by atoms with E-state index in [1.54, 1.807) is 49.4 Å². The van der Waals surface area contributed by atoms with Gasteiger partial charge in [0.25, 0.3) is 0 Å². The van der Waals surface area contributed by atoms with Gasteiger partial charge in [0, 0.05) is 25.2 Å². The second-order valence-electron chi connectivity index (χ2n) is 5.44. The van der Waals surface area contributed by atoms with Crippen LogP contribution < -0.4 is 10.6 Å². The maximum atomic E-state index is 13.4. The first-order valence-electron chi connectivity index (χ1n) is 7.52. The first-order chi connectivity index (χ1) is 11.4. The Kier molecular flexibility index (Phi) is 5.84. The molecular formula is C19H19FN2O2. The van der Waals surface area contributed by atoms with Crippen LogP contribution in [0.5, 0.6) is 0 Å². The first-order valence-corrected chi connectivity index (χ1v) is 7.52. The molecule has 124 valence electrons. The van der Waals surface area contributed by atoms with Crippen molar-refractivity contribution in [3.63, 3.8) is 0 Å². The summed E-state index contributed by atoms with van der Waals surface area (Å²) in [5.74, 6) is -0.677. The molecule has 0 aromatic heterocycles. The highest BCUT2D eigenvalue weighted by molar-refractivity contribution is 5.92. The fourth-order valence-electron chi connectivity index (χ4n) is 2.05. The monoisotopic (exact) mass is 326 g/mol. The van der Waals surface area contributed by atoms with Crippen LogP contribution in [-0.2, 0) is 16.1 Å². The van der Waals surface area contributed by atoms with E-state index in [9.17, 15) is 14.0 Å². The first kappa shape index (κ1) is 17.4. The van der Waals surface area contributed by atoms with Crippen molar-refractivity contribution in [2.45, 2.75) is 20.4 Å². The summed E-state index contributed by atoms with van der Waals surface area (Å²) in [5.41, 5.74) is 2.82. The molecule has 0 atom stereocenters. The average Bonchev–Trinajstić information content (AvgIpc) is 2.55. The molecule has 24 heavy (non-hydrogen) atoms. The van der Waals surface area contributed by atoms with Crippen molar-refractivity contribution in [1.29, 1.82) is 0 Å². The minimum absolute atomic E-state index is 0.134. The van der Waals surface area contributed by atoms with Crippen LogP contribution in [0.2, 0.25) is 0 Å². The molecule has 0 aliphatic heterocycles. The van der Waals surface area contributed by atoms with Gasteiger partial charge >= 0.3 is 0 Å². The molecule has 0 unspecified atom stereocenters. The third-order valence-corrected chi connectivity index (χ3v) is 3.36. The summed E-state index contributed by atoms with van der Waals surface area (Å²) in [6, 6.07) is 12.0. The van der Waals surface area contributed by atoms with Crippen LogP contribution in [0.25, 0.3) is 6.08 Å². The number of anilines is 1. The standard InChI is InChI=1S/C19H19FN2O2/c1-13-3-4-16(11-18(13)20)12-21-19(24)10-7-15-5-8-17(9-6-15)22-14(2)23/h3-11H,12H2,1-2H3,(H,21,24)(H,22,23)/b10-7+. The van der Waals surface area contributed by atoms with Gasteiger partial charge in [0.15, 0.2) is 0 Å². The zero-order valence-corrected chi connectivity index (χ0v) is 13.6. The quantitative estimate of drug-likeness (QED) is 0.827. The third-order valence-electron chi connectivity index (χ3n) is 3.36. The Hall–Kier alpha value is -2.95. The van der Waals surface area contributed by atoms with E-state index < -0.39 is 0 Å². The second kappa shape index (κ2) is 8.06. The van der Waals surface area contributed by atoms with Crippen LogP contribution in [0.3, 0.4) is 0 Å². The van der Waals surface area contributed by atoms with Crippen LogP contribution in [0.4, 0.5) is 10.1 Å². The predicted octanol–water partition coefficient (Wildman–Crippen LogP) is 3.42. The van der Waals surface area contributed by atoms with E-state index in [2.05, 4.69) is 10.6 Å². The third kappa shape index (κ3) is 5.35. The number of hydrogen-bond acceptors (Lipinski definition) is 2. The normalized spacial score (nSPS) is 10.6. The Morgan fingerprint density at radius 1 is 1.12 bits per heavy atom. The molecule has 4 nitrogen and oxygen atoms in total. The average molecular weight is 326 g/mol. The molecule has 0 heterocycles. The summed E-state index contributed by atoms with van der Waals surface area (Å²) < 4.78 is 13.4.